The number of hydrogen-bond donors (Lipinski definition) is 1. The molecule has 1 N–H and O–H groups in total. The fraction of sp³-hybridized carbons (Fsp3) is 0.250. The summed E-state index contributed by atoms with van der Waals surface area (Å²) in [6, 6.07) is 9.15. The van der Waals surface area contributed by atoms with E-state index in [0.717, 1.165) is 12.1 Å². The summed E-state index contributed by atoms with van der Waals surface area (Å²) < 4.78 is 42.9. The zero-order valence-corrected chi connectivity index (χ0v) is 15.0. The summed E-state index contributed by atoms with van der Waals surface area (Å²) in [4.78, 5) is 9.97. The molecule has 0 spiro atoms. The van der Waals surface area contributed by atoms with Crippen molar-refractivity contribution >= 4 is 21.4 Å². The minimum atomic E-state index is -3.91. The third kappa shape index (κ3) is 4.83. The molecular weight excluding hydrogens is 364 g/mol. The van der Waals surface area contributed by atoms with Crippen molar-refractivity contribution in [1.82, 2.24) is 0 Å². The molecule has 0 fully saturated rings. The van der Waals surface area contributed by atoms with E-state index in [2.05, 4.69) is 4.72 Å². The quantitative estimate of drug-likeness (QED) is 0.402. The van der Waals surface area contributed by atoms with Gasteiger partial charge < -0.3 is 14.2 Å². The molecule has 0 saturated carbocycles. The zero-order valence-electron chi connectivity index (χ0n) is 14.2. The number of nitrogens with one attached hydrogen (secondary N) is 1. The van der Waals surface area contributed by atoms with E-state index in [9.17, 15) is 18.5 Å². The standard InChI is InChI=1S/C16H18N2O7S/c1-23-9-10-25-16-11-12(3-8-15(16)24-2)17-26(21,22)14-6-4-13(5-7-14)18(19)20/h3-8,11,17H,9-10H2,1-2H3. The first-order valence-electron chi connectivity index (χ1n) is 7.44. The molecular formula is C16H18N2O7S. The first kappa shape index (κ1) is 19.5. The van der Waals surface area contributed by atoms with Crippen molar-refractivity contribution in [3.05, 3.63) is 52.6 Å². The van der Waals surface area contributed by atoms with E-state index in [0.29, 0.717) is 18.1 Å². The molecule has 0 atom stereocenters. The highest BCUT2D eigenvalue weighted by Gasteiger charge is 2.17. The van der Waals surface area contributed by atoms with E-state index in [1.165, 1.54) is 38.5 Å². The van der Waals surface area contributed by atoms with Crippen LogP contribution in [0.2, 0.25) is 0 Å². The Kier molecular flexibility index (Phi) is 6.36. The molecule has 10 heteroatoms. The van der Waals surface area contributed by atoms with Crippen molar-refractivity contribution in [2.24, 2.45) is 0 Å². The SMILES string of the molecule is COCCOc1cc(NS(=O)(=O)c2ccc([N+](=O)[O-])cc2)ccc1OC. The number of nitro groups is 1. The van der Waals surface area contributed by atoms with Crippen molar-refractivity contribution in [1.29, 1.82) is 0 Å². The van der Waals surface area contributed by atoms with Gasteiger partial charge in [0.2, 0.25) is 0 Å². The van der Waals surface area contributed by atoms with Crippen LogP contribution in [0.5, 0.6) is 11.5 Å². The van der Waals surface area contributed by atoms with Gasteiger partial charge in [-0.2, -0.15) is 0 Å². The number of nitrogens with zero attached hydrogens (tertiary/aromatic N) is 1. The highest BCUT2D eigenvalue weighted by atomic mass is 32.2. The first-order chi connectivity index (χ1) is 12.4. The molecule has 0 aliphatic rings. The summed E-state index contributed by atoms with van der Waals surface area (Å²) in [5.74, 6) is 0.799. The number of rotatable bonds is 9. The molecule has 26 heavy (non-hydrogen) atoms. The molecule has 0 aliphatic heterocycles. The maximum absolute atomic E-state index is 12.4. The lowest BCUT2D eigenvalue weighted by atomic mass is 10.3. The number of nitro benzene ring substituents is 1. The van der Waals surface area contributed by atoms with E-state index >= 15 is 0 Å². The van der Waals surface area contributed by atoms with Crippen LogP contribution < -0.4 is 14.2 Å². The molecule has 140 valence electrons. The van der Waals surface area contributed by atoms with Crippen molar-refractivity contribution in [3.8, 4) is 11.5 Å². The van der Waals surface area contributed by atoms with Crippen LogP contribution >= 0.6 is 0 Å². The Bertz CT molecular complexity index is 867. The Balaban J connectivity index is 2.22. The highest BCUT2D eigenvalue weighted by Crippen LogP contribution is 2.31. The van der Waals surface area contributed by atoms with Crippen LogP contribution in [0.3, 0.4) is 0 Å². The predicted molar refractivity (Wildman–Crippen MR) is 94.3 cm³/mol. The average Bonchev–Trinajstić information content (AvgIpc) is 2.62. The number of benzene rings is 2. The average molecular weight is 382 g/mol. The summed E-state index contributed by atoms with van der Waals surface area (Å²) in [6.07, 6.45) is 0. The van der Waals surface area contributed by atoms with Gasteiger partial charge in [0.25, 0.3) is 15.7 Å². The van der Waals surface area contributed by atoms with Gasteiger partial charge in [0.1, 0.15) is 6.61 Å². The third-order valence-corrected chi connectivity index (χ3v) is 4.72. The largest absolute Gasteiger partial charge is 0.493 e. The Labute approximate surface area is 150 Å². The number of sulfonamides is 1. The van der Waals surface area contributed by atoms with Crippen LogP contribution in [0.15, 0.2) is 47.4 Å². The fourth-order valence-electron chi connectivity index (χ4n) is 2.05. The Morgan fingerprint density at radius 2 is 1.73 bits per heavy atom. The highest BCUT2D eigenvalue weighted by molar-refractivity contribution is 7.92. The molecule has 0 unspecified atom stereocenters. The summed E-state index contributed by atoms with van der Waals surface area (Å²) >= 11 is 0. The van der Waals surface area contributed by atoms with Crippen molar-refractivity contribution in [2.75, 3.05) is 32.2 Å². The Morgan fingerprint density at radius 3 is 2.31 bits per heavy atom. The van der Waals surface area contributed by atoms with Gasteiger partial charge in [-0.1, -0.05) is 0 Å². The lowest BCUT2D eigenvalue weighted by Gasteiger charge is -2.13. The second-order valence-corrected chi connectivity index (χ2v) is 6.75. The molecule has 0 aromatic heterocycles. The van der Waals surface area contributed by atoms with Gasteiger partial charge in [0.15, 0.2) is 11.5 Å². The molecule has 0 aliphatic carbocycles. The molecule has 0 bridgehead atoms. The Hall–Kier alpha value is -2.85. The van der Waals surface area contributed by atoms with Gasteiger partial charge in [-0.15, -0.1) is 0 Å². The number of hydrogen-bond acceptors (Lipinski definition) is 7. The molecule has 2 rings (SSSR count). The van der Waals surface area contributed by atoms with Gasteiger partial charge in [-0.3, -0.25) is 14.8 Å². The minimum Gasteiger partial charge on any atom is -0.493 e. The minimum absolute atomic E-state index is 0.0965. The number of anilines is 1. The van der Waals surface area contributed by atoms with Crippen molar-refractivity contribution < 1.29 is 27.6 Å². The van der Waals surface area contributed by atoms with Gasteiger partial charge >= 0.3 is 0 Å². The normalized spacial score (nSPS) is 11.0. The molecule has 2 aromatic carbocycles. The van der Waals surface area contributed by atoms with E-state index in [4.69, 9.17) is 14.2 Å². The third-order valence-electron chi connectivity index (χ3n) is 3.32. The molecule has 0 saturated heterocycles. The maximum atomic E-state index is 12.4. The Morgan fingerprint density at radius 1 is 1.04 bits per heavy atom. The topological polar surface area (TPSA) is 117 Å². The lowest BCUT2D eigenvalue weighted by molar-refractivity contribution is -0.384. The van der Waals surface area contributed by atoms with Crippen LogP contribution in [0.1, 0.15) is 0 Å². The first-order valence-corrected chi connectivity index (χ1v) is 8.92. The van der Waals surface area contributed by atoms with Gasteiger partial charge in [0, 0.05) is 25.3 Å². The van der Waals surface area contributed by atoms with Gasteiger partial charge in [-0.25, -0.2) is 8.42 Å². The monoisotopic (exact) mass is 382 g/mol. The van der Waals surface area contributed by atoms with Gasteiger partial charge in [0.05, 0.1) is 29.2 Å². The predicted octanol–water partition coefficient (Wildman–Crippen LogP) is 2.43. The van der Waals surface area contributed by atoms with E-state index in [1.54, 1.807) is 6.07 Å². The fourth-order valence-corrected chi connectivity index (χ4v) is 3.10. The van der Waals surface area contributed by atoms with E-state index in [-0.39, 0.29) is 22.9 Å². The maximum Gasteiger partial charge on any atom is 0.269 e. The molecule has 0 amide bonds. The number of non-ortho nitro benzene ring substituents is 1. The van der Waals surface area contributed by atoms with Gasteiger partial charge in [-0.05, 0) is 24.3 Å². The molecule has 0 heterocycles. The van der Waals surface area contributed by atoms with E-state index in [1.807, 2.05) is 0 Å². The molecule has 9 nitrogen and oxygen atoms in total. The van der Waals surface area contributed by atoms with Crippen LogP contribution in [-0.2, 0) is 14.8 Å². The van der Waals surface area contributed by atoms with Crippen molar-refractivity contribution in [3.63, 3.8) is 0 Å². The molecule has 2 aromatic rings. The van der Waals surface area contributed by atoms with Crippen LogP contribution in [0, 0.1) is 10.1 Å². The summed E-state index contributed by atoms with van der Waals surface area (Å²) in [6.45, 7) is 0.632. The summed E-state index contributed by atoms with van der Waals surface area (Å²) in [7, 11) is -0.902. The van der Waals surface area contributed by atoms with Crippen molar-refractivity contribution in [2.45, 2.75) is 4.90 Å². The van der Waals surface area contributed by atoms with Crippen LogP contribution in [0.25, 0.3) is 0 Å². The summed E-state index contributed by atoms with van der Waals surface area (Å²) in [5.41, 5.74) is 0.0683. The second-order valence-electron chi connectivity index (χ2n) is 5.06. The number of ether oxygens (including phenoxy) is 3. The number of methoxy groups -OCH3 is 2. The zero-order chi connectivity index (χ0) is 19.2. The van der Waals surface area contributed by atoms with E-state index < -0.39 is 14.9 Å². The van der Waals surface area contributed by atoms with Crippen LogP contribution in [0.4, 0.5) is 11.4 Å². The lowest BCUT2D eigenvalue weighted by Crippen LogP contribution is -2.13. The second kappa shape index (κ2) is 8.50. The van der Waals surface area contributed by atoms with Crippen LogP contribution in [-0.4, -0.2) is 40.8 Å². The summed E-state index contributed by atoms with van der Waals surface area (Å²) in [5, 5.41) is 10.7. The molecule has 0 radical (unpaired) electrons. The smallest absolute Gasteiger partial charge is 0.269 e.